The molecule has 21 heavy (non-hydrogen) atoms. The number of carbonyl (C=O) groups excluding carboxylic acids is 1. The molecule has 1 aliphatic rings. The lowest BCUT2D eigenvalue weighted by molar-refractivity contribution is 0.0915. The molecule has 116 valence electrons. The standard InChI is InChI=1S/C14H19ClN2O3S/c1-3-4-11-7-10(8-12(15)16-11)13(18)17-14(2)5-6-21(19,20)9-14/h7-8H,3-6,9H2,1-2H3,(H,17,18). The van der Waals surface area contributed by atoms with Gasteiger partial charge in [-0.1, -0.05) is 24.9 Å². The second-order valence-corrected chi connectivity index (χ2v) is 8.35. The van der Waals surface area contributed by atoms with Gasteiger partial charge < -0.3 is 5.32 Å². The van der Waals surface area contributed by atoms with Crippen LogP contribution in [-0.4, -0.2) is 36.4 Å². The largest absolute Gasteiger partial charge is 0.346 e. The molecule has 1 unspecified atom stereocenters. The quantitative estimate of drug-likeness (QED) is 0.857. The topological polar surface area (TPSA) is 76.1 Å². The molecule has 0 bridgehead atoms. The molecule has 1 aromatic rings. The van der Waals surface area contributed by atoms with Crippen LogP contribution in [0.5, 0.6) is 0 Å². The third-order valence-electron chi connectivity index (χ3n) is 3.53. The maximum absolute atomic E-state index is 12.3. The average Bonchev–Trinajstić information content (AvgIpc) is 2.63. The highest BCUT2D eigenvalue weighted by Crippen LogP contribution is 2.23. The summed E-state index contributed by atoms with van der Waals surface area (Å²) in [6.07, 6.45) is 2.08. The van der Waals surface area contributed by atoms with Gasteiger partial charge in [-0.2, -0.15) is 0 Å². The zero-order valence-electron chi connectivity index (χ0n) is 12.1. The van der Waals surface area contributed by atoms with E-state index in [1.165, 1.54) is 6.07 Å². The molecule has 7 heteroatoms. The van der Waals surface area contributed by atoms with E-state index in [0.29, 0.717) is 12.0 Å². The van der Waals surface area contributed by atoms with E-state index in [-0.39, 0.29) is 22.6 Å². The molecule has 0 spiro atoms. The summed E-state index contributed by atoms with van der Waals surface area (Å²) < 4.78 is 23.2. The monoisotopic (exact) mass is 330 g/mol. The molecule has 1 aromatic heterocycles. The van der Waals surface area contributed by atoms with Crippen molar-refractivity contribution in [3.63, 3.8) is 0 Å². The van der Waals surface area contributed by atoms with Crippen LogP contribution in [0.25, 0.3) is 0 Å². The molecule has 1 N–H and O–H groups in total. The molecule has 5 nitrogen and oxygen atoms in total. The predicted molar refractivity (Wildman–Crippen MR) is 82.4 cm³/mol. The normalized spacial score (nSPS) is 24.0. The van der Waals surface area contributed by atoms with Crippen LogP contribution in [0.15, 0.2) is 12.1 Å². The number of hydrogen-bond donors (Lipinski definition) is 1. The highest BCUT2D eigenvalue weighted by molar-refractivity contribution is 7.91. The Morgan fingerprint density at radius 1 is 1.48 bits per heavy atom. The molecule has 1 amide bonds. The molecule has 2 heterocycles. The number of carbonyl (C=O) groups is 1. The zero-order chi connectivity index (χ0) is 15.7. The molecule has 1 atom stereocenters. The first-order valence-corrected chi connectivity index (χ1v) is 9.12. The molecular weight excluding hydrogens is 312 g/mol. The summed E-state index contributed by atoms with van der Waals surface area (Å²) in [7, 11) is -3.06. The predicted octanol–water partition coefficient (Wildman–Crippen LogP) is 1.99. The van der Waals surface area contributed by atoms with Crippen molar-refractivity contribution in [2.24, 2.45) is 0 Å². The lowest BCUT2D eigenvalue weighted by atomic mass is 10.0. The van der Waals surface area contributed by atoms with Crippen LogP contribution in [0.1, 0.15) is 42.7 Å². The maximum atomic E-state index is 12.3. The fourth-order valence-corrected chi connectivity index (χ4v) is 4.84. The number of rotatable bonds is 4. The lowest BCUT2D eigenvalue weighted by Gasteiger charge is -2.24. The zero-order valence-corrected chi connectivity index (χ0v) is 13.7. The minimum absolute atomic E-state index is 0.0215. The summed E-state index contributed by atoms with van der Waals surface area (Å²) >= 11 is 5.94. The van der Waals surface area contributed by atoms with Crippen LogP contribution in [0, 0.1) is 0 Å². The fraction of sp³-hybridized carbons (Fsp3) is 0.571. The lowest BCUT2D eigenvalue weighted by Crippen LogP contribution is -2.46. The number of halogens is 1. The Kier molecular flexibility index (Phi) is 4.58. The van der Waals surface area contributed by atoms with E-state index in [9.17, 15) is 13.2 Å². The first-order chi connectivity index (χ1) is 9.73. The fourth-order valence-electron chi connectivity index (χ4n) is 2.52. The number of amides is 1. The molecule has 2 rings (SSSR count). The van der Waals surface area contributed by atoms with Crippen molar-refractivity contribution in [3.05, 3.63) is 28.5 Å². The van der Waals surface area contributed by atoms with Crippen LogP contribution in [0.4, 0.5) is 0 Å². The number of sulfone groups is 1. The van der Waals surface area contributed by atoms with Gasteiger partial charge in [-0.25, -0.2) is 13.4 Å². The second-order valence-electron chi connectivity index (χ2n) is 5.78. The van der Waals surface area contributed by atoms with Gasteiger partial charge in [-0.3, -0.25) is 4.79 Å². The number of pyridine rings is 1. The van der Waals surface area contributed by atoms with Crippen molar-refractivity contribution in [1.82, 2.24) is 10.3 Å². The number of nitrogens with one attached hydrogen (secondary N) is 1. The van der Waals surface area contributed by atoms with Crippen LogP contribution < -0.4 is 5.32 Å². The van der Waals surface area contributed by atoms with Gasteiger partial charge in [-0.05, 0) is 31.9 Å². The number of aromatic nitrogens is 1. The molecule has 0 saturated carbocycles. The molecule has 1 fully saturated rings. The minimum atomic E-state index is -3.06. The Balaban J connectivity index is 2.17. The van der Waals surface area contributed by atoms with E-state index in [0.717, 1.165) is 18.5 Å². The summed E-state index contributed by atoms with van der Waals surface area (Å²) in [6.45, 7) is 3.78. The second kappa shape index (κ2) is 5.93. The van der Waals surface area contributed by atoms with Crippen LogP contribution >= 0.6 is 11.6 Å². The van der Waals surface area contributed by atoms with Crippen molar-refractivity contribution in [3.8, 4) is 0 Å². The van der Waals surface area contributed by atoms with Gasteiger partial charge in [0.2, 0.25) is 0 Å². The third-order valence-corrected chi connectivity index (χ3v) is 5.63. The SMILES string of the molecule is CCCc1cc(C(=O)NC2(C)CCS(=O)(=O)C2)cc(Cl)n1. The van der Waals surface area contributed by atoms with Crippen molar-refractivity contribution in [1.29, 1.82) is 0 Å². The van der Waals surface area contributed by atoms with Gasteiger partial charge in [0, 0.05) is 11.3 Å². The summed E-state index contributed by atoms with van der Waals surface area (Å²) in [5.74, 6) is -0.217. The Morgan fingerprint density at radius 2 is 2.19 bits per heavy atom. The number of aryl methyl sites for hydroxylation is 1. The maximum Gasteiger partial charge on any atom is 0.251 e. The number of hydrogen-bond acceptors (Lipinski definition) is 4. The molecule has 0 radical (unpaired) electrons. The van der Waals surface area contributed by atoms with Crippen molar-refractivity contribution >= 4 is 27.3 Å². The van der Waals surface area contributed by atoms with Crippen molar-refractivity contribution in [2.75, 3.05) is 11.5 Å². The van der Waals surface area contributed by atoms with Gasteiger partial charge in [0.1, 0.15) is 5.15 Å². The Hall–Kier alpha value is -1.14. The van der Waals surface area contributed by atoms with Gasteiger partial charge in [0.05, 0.1) is 17.0 Å². The van der Waals surface area contributed by atoms with Gasteiger partial charge in [0.15, 0.2) is 9.84 Å². The Morgan fingerprint density at radius 3 is 2.76 bits per heavy atom. The molecule has 1 aliphatic heterocycles. The van der Waals surface area contributed by atoms with E-state index in [1.807, 2.05) is 6.92 Å². The van der Waals surface area contributed by atoms with Crippen molar-refractivity contribution < 1.29 is 13.2 Å². The van der Waals surface area contributed by atoms with E-state index in [1.54, 1.807) is 13.0 Å². The molecule has 1 saturated heterocycles. The first kappa shape index (κ1) is 16.2. The molecule has 0 aromatic carbocycles. The van der Waals surface area contributed by atoms with E-state index in [4.69, 9.17) is 11.6 Å². The highest BCUT2D eigenvalue weighted by atomic mass is 35.5. The molecule has 0 aliphatic carbocycles. The highest BCUT2D eigenvalue weighted by Gasteiger charge is 2.39. The minimum Gasteiger partial charge on any atom is -0.346 e. The average molecular weight is 331 g/mol. The first-order valence-electron chi connectivity index (χ1n) is 6.92. The van der Waals surface area contributed by atoms with Crippen molar-refractivity contribution in [2.45, 2.75) is 38.6 Å². The van der Waals surface area contributed by atoms with Crippen LogP contribution in [0.2, 0.25) is 5.15 Å². The summed E-state index contributed by atoms with van der Waals surface area (Å²) in [5, 5.41) is 3.09. The number of nitrogens with zero attached hydrogens (tertiary/aromatic N) is 1. The Labute approximate surface area is 130 Å². The van der Waals surface area contributed by atoms with Gasteiger partial charge in [0.25, 0.3) is 5.91 Å². The summed E-state index contributed by atoms with van der Waals surface area (Å²) in [5.41, 5.74) is 0.472. The molecular formula is C14H19ClN2O3S. The van der Waals surface area contributed by atoms with Gasteiger partial charge >= 0.3 is 0 Å². The van der Waals surface area contributed by atoms with E-state index >= 15 is 0 Å². The van der Waals surface area contributed by atoms with Gasteiger partial charge in [-0.15, -0.1) is 0 Å². The van der Waals surface area contributed by atoms with Crippen LogP contribution in [0.3, 0.4) is 0 Å². The van der Waals surface area contributed by atoms with E-state index < -0.39 is 15.4 Å². The smallest absolute Gasteiger partial charge is 0.251 e. The Bertz CT molecular complexity index is 660. The summed E-state index contributed by atoms with van der Waals surface area (Å²) in [6, 6.07) is 3.21. The van der Waals surface area contributed by atoms with E-state index in [2.05, 4.69) is 10.3 Å². The van der Waals surface area contributed by atoms with Crippen LogP contribution in [-0.2, 0) is 16.3 Å². The summed E-state index contributed by atoms with van der Waals surface area (Å²) in [4.78, 5) is 16.5. The third kappa shape index (κ3) is 4.17.